The molecular formula is C22H27ClN3O2+. The first kappa shape index (κ1) is 20.4. The Balaban J connectivity index is 1.55. The maximum atomic E-state index is 12.8. The minimum Gasteiger partial charge on any atom is -0.334 e. The molecule has 0 spiro atoms. The van der Waals surface area contributed by atoms with E-state index in [4.69, 9.17) is 11.6 Å². The van der Waals surface area contributed by atoms with E-state index in [1.165, 1.54) is 11.1 Å². The van der Waals surface area contributed by atoms with Crippen LogP contribution in [0.25, 0.3) is 0 Å². The van der Waals surface area contributed by atoms with Crippen LogP contribution < -0.4 is 10.2 Å². The lowest BCUT2D eigenvalue weighted by Gasteiger charge is -2.33. The highest BCUT2D eigenvalue weighted by Gasteiger charge is 2.28. The second kappa shape index (κ2) is 9.22. The summed E-state index contributed by atoms with van der Waals surface area (Å²) in [4.78, 5) is 27.8. The normalized spacial score (nSPS) is 16.8. The highest BCUT2D eigenvalue weighted by atomic mass is 35.5. The zero-order chi connectivity index (χ0) is 20.1. The molecule has 28 heavy (non-hydrogen) atoms. The van der Waals surface area contributed by atoms with Crippen LogP contribution in [0, 0.1) is 0 Å². The van der Waals surface area contributed by atoms with E-state index in [1.807, 2.05) is 37.2 Å². The molecule has 0 heterocycles. The van der Waals surface area contributed by atoms with E-state index >= 15 is 0 Å². The molecule has 2 amide bonds. The smallest absolute Gasteiger partial charge is 0.279 e. The minimum absolute atomic E-state index is 0.0461. The fourth-order valence-electron chi connectivity index (χ4n) is 3.78. The van der Waals surface area contributed by atoms with Crippen LogP contribution in [-0.2, 0) is 16.0 Å². The van der Waals surface area contributed by atoms with Crippen LogP contribution in [-0.4, -0.2) is 43.9 Å². The fourth-order valence-corrected chi connectivity index (χ4v) is 3.96. The zero-order valence-corrected chi connectivity index (χ0v) is 17.1. The first-order valence-electron chi connectivity index (χ1n) is 9.65. The second-order valence-corrected chi connectivity index (χ2v) is 7.86. The Morgan fingerprint density at radius 1 is 1.14 bits per heavy atom. The molecule has 1 unspecified atom stereocenters. The Kier molecular flexibility index (Phi) is 6.70. The van der Waals surface area contributed by atoms with Crippen LogP contribution >= 0.6 is 11.6 Å². The van der Waals surface area contributed by atoms with Crippen LogP contribution in [0.4, 0.5) is 5.69 Å². The molecule has 0 saturated carbocycles. The number of fused-ring (bicyclic) bond motifs is 1. The fraction of sp³-hybridized carbons (Fsp3) is 0.364. The van der Waals surface area contributed by atoms with Crippen molar-refractivity contribution < 1.29 is 14.5 Å². The van der Waals surface area contributed by atoms with Crippen molar-refractivity contribution in [3.63, 3.8) is 0 Å². The molecule has 0 bridgehead atoms. The third-order valence-electron chi connectivity index (χ3n) is 5.26. The molecule has 0 saturated heterocycles. The number of amides is 2. The number of carbonyl (C=O) groups excluding carboxylic acids is 2. The van der Waals surface area contributed by atoms with Crippen molar-refractivity contribution in [2.24, 2.45) is 0 Å². The first-order chi connectivity index (χ1) is 13.5. The summed E-state index contributed by atoms with van der Waals surface area (Å²) in [7, 11) is 3.72. The van der Waals surface area contributed by atoms with Crippen LogP contribution in [0.1, 0.15) is 30.0 Å². The second-order valence-electron chi connectivity index (χ2n) is 7.45. The molecule has 2 aromatic carbocycles. The summed E-state index contributed by atoms with van der Waals surface area (Å²) in [6.07, 6.45) is 3.13. The van der Waals surface area contributed by atoms with Crippen molar-refractivity contribution in [1.29, 1.82) is 0 Å². The molecule has 0 aliphatic heterocycles. The van der Waals surface area contributed by atoms with Crippen molar-refractivity contribution in [1.82, 2.24) is 4.90 Å². The molecule has 3 rings (SSSR count). The van der Waals surface area contributed by atoms with Gasteiger partial charge >= 0.3 is 0 Å². The number of aryl methyl sites for hydroxylation is 1. The van der Waals surface area contributed by atoms with Crippen molar-refractivity contribution >= 4 is 29.1 Å². The molecule has 1 aliphatic rings. The van der Waals surface area contributed by atoms with Crippen LogP contribution in [0.5, 0.6) is 0 Å². The van der Waals surface area contributed by atoms with E-state index in [0.29, 0.717) is 10.7 Å². The zero-order valence-electron chi connectivity index (χ0n) is 16.4. The van der Waals surface area contributed by atoms with Gasteiger partial charge in [0.05, 0.1) is 23.8 Å². The summed E-state index contributed by atoms with van der Waals surface area (Å²) in [5.41, 5.74) is 3.17. The third-order valence-corrected chi connectivity index (χ3v) is 5.59. The van der Waals surface area contributed by atoms with E-state index < -0.39 is 0 Å². The summed E-state index contributed by atoms with van der Waals surface area (Å²) in [6.45, 7) is 0.469. The van der Waals surface area contributed by atoms with Gasteiger partial charge in [0.25, 0.3) is 11.8 Å². The van der Waals surface area contributed by atoms with E-state index in [1.54, 1.807) is 12.1 Å². The van der Waals surface area contributed by atoms with Gasteiger partial charge in [-0.15, -0.1) is 0 Å². The van der Waals surface area contributed by atoms with Gasteiger partial charge in [0.15, 0.2) is 13.1 Å². The Bertz CT molecular complexity index is 855. The number of likely N-dealkylation sites (N-methyl/N-ethyl adjacent to an activating group) is 2. The molecule has 2 atom stereocenters. The summed E-state index contributed by atoms with van der Waals surface area (Å²) in [5.74, 6) is -0.117. The van der Waals surface area contributed by atoms with Gasteiger partial charge in [0, 0.05) is 7.05 Å². The molecule has 5 nitrogen and oxygen atoms in total. The quantitative estimate of drug-likeness (QED) is 0.782. The molecule has 6 heteroatoms. The van der Waals surface area contributed by atoms with E-state index in [2.05, 4.69) is 23.5 Å². The molecule has 148 valence electrons. The lowest BCUT2D eigenvalue weighted by molar-refractivity contribution is -0.862. The lowest BCUT2D eigenvalue weighted by atomic mass is 9.87. The van der Waals surface area contributed by atoms with Gasteiger partial charge in [-0.1, -0.05) is 48.0 Å². The third kappa shape index (κ3) is 4.91. The Morgan fingerprint density at radius 2 is 1.86 bits per heavy atom. The number of anilines is 1. The standard InChI is InChI=1S/C22H26ClN3O2/c1-25(14-21(27)24-19-12-6-5-11-18(19)23)15-22(28)26(2)20-13-7-9-16-8-3-4-10-17(16)20/h3-6,8,10-12,20H,7,9,13-15H2,1-2H3,(H,24,27)/p+1/t20-/m1/s1. The van der Waals surface area contributed by atoms with E-state index in [0.717, 1.165) is 24.2 Å². The van der Waals surface area contributed by atoms with Crippen molar-refractivity contribution in [2.75, 3.05) is 32.5 Å². The van der Waals surface area contributed by atoms with Crippen molar-refractivity contribution in [2.45, 2.75) is 25.3 Å². The predicted octanol–water partition coefficient (Wildman–Crippen LogP) is 2.33. The van der Waals surface area contributed by atoms with Crippen LogP contribution in [0.3, 0.4) is 0 Å². The van der Waals surface area contributed by atoms with Gasteiger partial charge in [0.2, 0.25) is 0 Å². The monoisotopic (exact) mass is 400 g/mol. The number of halogens is 1. The Hall–Kier alpha value is -2.37. The number of nitrogens with zero attached hydrogens (tertiary/aromatic N) is 1. The number of hydrogen-bond donors (Lipinski definition) is 2. The number of hydrogen-bond acceptors (Lipinski definition) is 2. The summed E-state index contributed by atoms with van der Waals surface area (Å²) >= 11 is 6.08. The number of carbonyl (C=O) groups is 2. The van der Waals surface area contributed by atoms with Gasteiger partial charge in [0.1, 0.15) is 0 Å². The molecular weight excluding hydrogens is 374 g/mol. The van der Waals surface area contributed by atoms with E-state index in [9.17, 15) is 9.59 Å². The molecule has 0 radical (unpaired) electrons. The van der Waals surface area contributed by atoms with Crippen molar-refractivity contribution in [3.8, 4) is 0 Å². The largest absolute Gasteiger partial charge is 0.334 e. The predicted molar refractivity (Wildman–Crippen MR) is 112 cm³/mol. The van der Waals surface area contributed by atoms with Gasteiger partial charge in [-0.25, -0.2) is 0 Å². The van der Waals surface area contributed by atoms with Gasteiger partial charge in [-0.05, 0) is 42.5 Å². The van der Waals surface area contributed by atoms with Crippen molar-refractivity contribution in [3.05, 3.63) is 64.7 Å². The Morgan fingerprint density at radius 3 is 2.64 bits per heavy atom. The highest BCUT2D eigenvalue weighted by molar-refractivity contribution is 6.33. The first-order valence-corrected chi connectivity index (χ1v) is 10.0. The summed E-state index contributed by atoms with van der Waals surface area (Å²) < 4.78 is 0. The number of quaternary nitrogens is 1. The van der Waals surface area contributed by atoms with Crippen LogP contribution in [0.15, 0.2) is 48.5 Å². The van der Waals surface area contributed by atoms with E-state index in [-0.39, 0.29) is 30.9 Å². The topological polar surface area (TPSA) is 53.9 Å². The minimum atomic E-state index is -0.163. The summed E-state index contributed by atoms with van der Waals surface area (Å²) in [5, 5.41) is 3.30. The average Bonchev–Trinajstić information content (AvgIpc) is 2.68. The van der Waals surface area contributed by atoms with Gasteiger partial charge < -0.3 is 15.1 Å². The molecule has 2 N–H and O–H groups in total. The number of para-hydroxylation sites is 1. The van der Waals surface area contributed by atoms with Crippen LogP contribution in [0.2, 0.25) is 5.02 Å². The SMILES string of the molecule is CN(C(=O)C[NH+](C)CC(=O)Nc1ccccc1Cl)[C@@H]1CCCc2ccccc21. The molecule has 0 fully saturated rings. The number of nitrogens with one attached hydrogen (secondary N) is 2. The summed E-state index contributed by atoms with van der Waals surface area (Å²) in [6, 6.07) is 15.6. The van der Waals surface area contributed by atoms with Gasteiger partial charge in [-0.3, -0.25) is 9.59 Å². The lowest BCUT2D eigenvalue weighted by Crippen LogP contribution is -3.11. The average molecular weight is 401 g/mol. The molecule has 1 aliphatic carbocycles. The Labute approximate surface area is 171 Å². The maximum Gasteiger partial charge on any atom is 0.279 e. The maximum absolute atomic E-state index is 12.8. The number of benzene rings is 2. The number of rotatable bonds is 6. The highest BCUT2D eigenvalue weighted by Crippen LogP contribution is 2.33. The molecule has 0 aromatic heterocycles. The van der Waals surface area contributed by atoms with Gasteiger partial charge in [-0.2, -0.15) is 0 Å². The molecule has 2 aromatic rings.